The Balaban J connectivity index is 1.78. The summed E-state index contributed by atoms with van der Waals surface area (Å²) in [5, 5.41) is 3.83. The smallest absolute Gasteiger partial charge is 0.236 e. The molecule has 0 bridgehead atoms. The molecule has 0 unspecified atom stereocenters. The minimum atomic E-state index is 0.684. The Morgan fingerprint density at radius 1 is 1.40 bits per heavy atom. The Bertz CT molecular complexity index is 397. The van der Waals surface area contributed by atoms with Gasteiger partial charge in [-0.2, -0.15) is 4.98 Å². The molecular weight excluding hydrogens is 212 g/mol. The molecule has 0 atom stereocenters. The van der Waals surface area contributed by atoms with Gasteiger partial charge in [-0.3, -0.25) is 0 Å². The lowest BCUT2D eigenvalue weighted by molar-refractivity contribution is 0.385. The van der Waals surface area contributed by atoms with Gasteiger partial charge in [0.1, 0.15) is 5.76 Å². The lowest BCUT2D eigenvalue weighted by atomic mass is 10.5. The van der Waals surface area contributed by atoms with Crippen molar-refractivity contribution in [1.82, 2.24) is 10.1 Å². The van der Waals surface area contributed by atoms with E-state index in [9.17, 15) is 0 Å². The van der Waals surface area contributed by atoms with Gasteiger partial charge in [-0.15, -0.1) is 11.8 Å². The lowest BCUT2D eigenvalue weighted by Gasteiger charge is -1.93. The predicted molar refractivity (Wildman–Crippen MR) is 57.4 cm³/mol. The molecule has 2 aromatic rings. The molecule has 0 aliphatic rings. The summed E-state index contributed by atoms with van der Waals surface area (Å²) in [5.74, 6) is 3.98. The van der Waals surface area contributed by atoms with Crippen molar-refractivity contribution in [2.24, 2.45) is 0 Å². The first-order valence-electron chi connectivity index (χ1n) is 4.80. The molecule has 0 amide bonds. The van der Waals surface area contributed by atoms with Crippen molar-refractivity contribution >= 4 is 11.8 Å². The summed E-state index contributed by atoms with van der Waals surface area (Å²) in [6.07, 6.45) is 2.49. The Kier molecular flexibility index (Phi) is 3.45. The predicted octanol–water partition coefficient (Wildman–Crippen LogP) is 2.66. The second-order valence-corrected chi connectivity index (χ2v) is 4.02. The molecule has 2 aromatic heterocycles. The first kappa shape index (κ1) is 10.3. The fraction of sp³-hybridized carbons (Fsp3) is 0.400. The normalized spacial score (nSPS) is 10.7. The first-order valence-corrected chi connectivity index (χ1v) is 5.95. The molecular formula is C10H12N2O2S. The number of hydrogen-bond donors (Lipinski definition) is 0. The monoisotopic (exact) mass is 224 g/mol. The van der Waals surface area contributed by atoms with Gasteiger partial charge in [0.15, 0.2) is 5.82 Å². The Hall–Kier alpha value is -1.23. The van der Waals surface area contributed by atoms with Crippen molar-refractivity contribution in [1.29, 1.82) is 0 Å². The van der Waals surface area contributed by atoms with Crippen LogP contribution in [0.1, 0.15) is 24.4 Å². The van der Waals surface area contributed by atoms with Crippen molar-refractivity contribution < 1.29 is 8.94 Å². The van der Waals surface area contributed by atoms with Crippen LogP contribution in [-0.4, -0.2) is 10.1 Å². The highest BCUT2D eigenvalue weighted by molar-refractivity contribution is 7.97. The molecule has 2 rings (SSSR count). The van der Waals surface area contributed by atoms with E-state index in [0.29, 0.717) is 5.89 Å². The second kappa shape index (κ2) is 5.02. The summed E-state index contributed by atoms with van der Waals surface area (Å²) < 4.78 is 10.3. The van der Waals surface area contributed by atoms with Gasteiger partial charge in [-0.05, 0) is 12.1 Å². The third-order valence-corrected chi connectivity index (χ3v) is 2.82. The van der Waals surface area contributed by atoms with Crippen LogP contribution in [0, 0.1) is 0 Å². The van der Waals surface area contributed by atoms with Gasteiger partial charge in [-0.25, -0.2) is 0 Å². The third kappa shape index (κ3) is 2.86. The zero-order valence-corrected chi connectivity index (χ0v) is 9.29. The number of rotatable bonds is 5. The van der Waals surface area contributed by atoms with E-state index in [1.807, 2.05) is 19.1 Å². The average Bonchev–Trinajstić information content (AvgIpc) is 2.88. The summed E-state index contributed by atoms with van der Waals surface area (Å²) in [4.78, 5) is 4.22. The van der Waals surface area contributed by atoms with Crippen LogP contribution in [0.2, 0.25) is 0 Å². The van der Waals surface area contributed by atoms with Gasteiger partial charge in [0.05, 0.1) is 17.8 Å². The Labute approximate surface area is 92.1 Å². The highest BCUT2D eigenvalue weighted by Crippen LogP contribution is 2.16. The standard InChI is InChI=1S/C10H12N2O2S/c1-2-9-11-10(14-12-9)7-15-6-8-4-3-5-13-8/h3-5H,2,6-7H2,1H3. The van der Waals surface area contributed by atoms with Crippen LogP contribution in [0.15, 0.2) is 27.3 Å². The molecule has 4 nitrogen and oxygen atoms in total. The summed E-state index contributed by atoms with van der Waals surface area (Å²) in [6.45, 7) is 2.00. The highest BCUT2D eigenvalue weighted by atomic mass is 32.2. The van der Waals surface area contributed by atoms with Gasteiger partial charge in [0.2, 0.25) is 5.89 Å². The lowest BCUT2D eigenvalue weighted by Crippen LogP contribution is -1.84. The van der Waals surface area contributed by atoms with Crippen molar-refractivity contribution in [3.8, 4) is 0 Å². The number of furan rings is 1. The molecule has 5 heteroatoms. The molecule has 0 aliphatic carbocycles. The highest BCUT2D eigenvalue weighted by Gasteiger charge is 2.04. The van der Waals surface area contributed by atoms with E-state index in [4.69, 9.17) is 8.94 Å². The number of aromatic nitrogens is 2. The topological polar surface area (TPSA) is 52.1 Å². The van der Waals surface area contributed by atoms with Crippen molar-refractivity contribution in [2.75, 3.05) is 0 Å². The fourth-order valence-electron chi connectivity index (χ4n) is 1.13. The molecule has 80 valence electrons. The molecule has 0 spiro atoms. The average molecular weight is 224 g/mol. The fourth-order valence-corrected chi connectivity index (χ4v) is 1.89. The van der Waals surface area contributed by atoms with Crippen LogP contribution in [-0.2, 0) is 17.9 Å². The summed E-state index contributed by atoms with van der Waals surface area (Å²) in [6, 6.07) is 3.84. The SMILES string of the molecule is CCc1noc(CSCc2ccco2)n1. The molecule has 0 aromatic carbocycles. The molecule has 0 saturated carbocycles. The molecule has 0 saturated heterocycles. The summed E-state index contributed by atoms with van der Waals surface area (Å²) in [7, 11) is 0. The molecule has 2 heterocycles. The van der Waals surface area contributed by atoms with E-state index < -0.39 is 0 Å². The maximum Gasteiger partial charge on any atom is 0.236 e. The number of hydrogen-bond acceptors (Lipinski definition) is 5. The zero-order valence-electron chi connectivity index (χ0n) is 8.47. The molecule has 15 heavy (non-hydrogen) atoms. The van der Waals surface area contributed by atoms with Crippen LogP contribution in [0.3, 0.4) is 0 Å². The van der Waals surface area contributed by atoms with Gasteiger partial charge in [0.25, 0.3) is 0 Å². The minimum Gasteiger partial charge on any atom is -0.468 e. The minimum absolute atomic E-state index is 0.684. The van der Waals surface area contributed by atoms with Crippen molar-refractivity contribution in [3.05, 3.63) is 35.9 Å². The van der Waals surface area contributed by atoms with Crippen LogP contribution in [0.5, 0.6) is 0 Å². The maximum absolute atomic E-state index is 5.21. The third-order valence-electron chi connectivity index (χ3n) is 1.88. The van der Waals surface area contributed by atoms with Gasteiger partial charge in [-0.1, -0.05) is 12.1 Å². The van der Waals surface area contributed by atoms with E-state index in [1.54, 1.807) is 18.0 Å². The quantitative estimate of drug-likeness (QED) is 0.781. The van der Waals surface area contributed by atoms with Crippen LogP contribution < -0.4 is 0 Å². The summed E-state index contributed by atoms with van der Waals surface area (Å²) in [5.41, 5.74) is 0. The van der Waals surface area contributed by atoms with E-state index in [-0.39, 0.29) is 0 Å². The van der Waals surface area contributed by atoms with Crippen molar-refractivity contribution in [2.45, 2.75) is 24.9 Å². The van der Waals surface area contributed by atoms with E-state index in [2.05, 4.69) is 10.1 Å². The van der Waals surface area contributed by atoms with Gasteiger partial charge in [0, 0.05) is 6.42 Å². The largest absolute Gasteiger partial charge is 0.468 e. The van der Waals surface area contributed by atoms with E-state index in [0.717, 1.165) is 29.5 Å². The first-order chi connectivity index (χ1) is 7.38. The maximum atomic E-state index is 5.21. The van der Waals surface area contributed by atoms with E-state index in [1.165, 1.54) is 0 Å². The van der Waals surface area contributed by atoms with Crippen molar-refractivity contribution in [3.63, 3.8) is 0 Å². The molecule has 0 fully saturated rings. The summed E-state index contributed by atoms with van der Waals surface area (Å²) >= 11 is 1.70. The van der Waals surface area contributed by atoms with Crippen LogP contribution in [0.4, 0.5) is 0 Å². The van der Waals surface area contributed by atoms with Gasteiger partial charge >= 0.3 is 0 Å². The Morgan fingerprint density at radius 3 is 3.00 bits per heavy atom. The second-order valence-electron chi connectivity index (χ2n) is 3.03. The molecule has 0 N–H and O–H groups in total. The van der Waals surface area contributed by atoms with Crippen LogP contribution in [0.25, 0.3) is 0 Å². The molecule has 0 radical (unpaired) electrons. The zero-order chi connectivity index (χ0) is 10.5. The van der Waals surface area contributed by atoms with Gasteiger partial charge < -0.3 is 8.94 Å². The molecule has 0 aliphatic heterocycles. The number of aryl methyl sites for hydroxylation is 1. The van der Waals surface area contributed by atoms with E-state index >= 15 is 0 Å². The number of thioether (sulfide) groups is 1. The van der Waals surface area contributed by atoms with Crippen LogP contribution >= 0.6 is 11.8 Å². The Morgan fingerprint density at radius 2 is 2.33 bits per heavy atom. The number of nitrogens with zero attached hydrogens (tertiary/aromatic N) is 2.